The van der Waals surface area contributed by atoms with Crippen molar-refractivity contribution in [1.82, 2.24) is 15.3 Å². The number of halogens is 2. The van der Waals surface area contributed by atoms with Crippen molar-refractivity contribution in [2.24, 2.45) is 5.92 Å². The molecule has 0 aliphatic carbocycles. The summed E-state index contributed by atoms with van der Waals surface area (Å²) in [5, 5.41) is 16.7. The van der Waals surface area contributed by atoms with Crippen molar-refractivity contribution in [1.29, 1.82) is 0 Å². The lowest BCUT2D eigenvalue weighted by atomic mass is 10.1. The van der Waals surface area contributed by atoms with Crippen LogP contribution >= 0.6 is 11.6 Å². The smallest absolute Gasteiger partial charge is 0.320 e. The monoisotopic (exact) mass is 560 g/mol. The predicted octanol–water partition coefficient (Wildman–Crippen LogP) is 7.42. The van der Waals surface area contributed by atoms with Gasteiger partial charge in [-0.1, -0.05) is 37.6 Å². The zero-order valence-electron chi connectivity index (χ0n) is 21.7. The number of benzene rings is 3. The summed E-state index contributed by atoms with van der Waals surface area (Å²) in [6, 6.07) is 19.9. The third-order valence-corrected chi connectivity index (χ3v) is 6.56. The van der Waals surface area contributed by atoms with Crippen LogP contribution in [0.3, 0.4) is 0 Å². The van der Waals surface area contributed by atoms with Gasteiger partial charge in [0.25, 0.3) is 0 Å². The number of nitrogens with zero attached hydrogens (tertiary/aromatic N) is 2. The van der Waals surface area contributed by atoms with Crippen molar-refractivity contribution in [2.45, 2.75) is 26.4 Å². The molecular weight excluding hydrogens is 535 g/mol. The molecular formula is C30H26ClFN4O4. The van der Waals surface area contributed by atoms with Crippen LogP contribution in [0.1, 0.15) is 19.6 Å². The predicted molar refractivity (Wildman–Crippen MR) is 152 cm³/mol. The number of rotatable bonds is 10. The molecule has 0 fully saturated rings. The van der Waals surface area contributed by atoms with Gasteiger partial charge in [-0.15, -0.1) is 0 Å². The zero-order chi connectivity index (χ0) is 28.2. The highest BCUT2D eigenvalue weighted by atomic mass is 35.5. The third kappa shape index (κ3) is 6.06. The normalized spacial score (nSPS) is 12.0. The van der Waals surface area contributed by atoms with Crippen molar-refractivity contribution >= 4 is 40.0 Å². The Hall–Kier alpha value is -4.47. The number of hydrogen-bond acceptors (Lipinski definition) is 7. The topological polar surface area (TPSA) is 110 Å². The minimum absolute atomic E-state index is 0.0659. The van der Waals surface area contributed by atoms with Crippen LogP contribution in [0.5, 0.6) is 11.5 Å². The molecule has 0 saturated heterocycles. The average Bonchev–Trinajstić information content (AvgIpc) is 3.40. The summed E-state index contributed by atoms with van der Waals surface area (Å²) < 4.78 is 25.6. The lowest BCUT2D eigenvalue weighted by Gasteiger charge is -2.16. The molecule has 5 rings (SSSR count). The summed E-state index contributed by atoms with van der Waals surface area (Å²) in [7, 11) is 0. The first-order valence-electron chi connectivity index (χ1n) is 12.6. The van der Waals surface area contributed by atoms with E-state index >= 15 is 0 Å². The number of hydrogen-bond donors (Lipinski definition) is 3. The Bertz CT molecular complexity index is 1670. The van der Waals surface area contributed by atoms with Crippen LogP contribution < -0.4 is 15.4 Å². The minimum Gasteiger partial charge on any atom is -0.480 e. The molecule has 0 aliphatic heterocycles. The number of fused-ring (bicyclic) bond motifs is 1. The molecule has 3 N–H and O–H groups in total. The highest BCUT2D eigenvalue weighted by Crippen LogP contribution is 2.35. The van der Waals surface area contributed by atoms with E-state index in [1.807, 2.05) is 44.2 Å². The fraction of sp³-hybridized carbons (Fsp3) is 0.167. The number of ether oxygens (including phenoxy) is 1. The van der Waals surface area contributed by atoms with Gasteiger partial charge in [0.2, 0.25) is 0 Å². The summed E-state index contributed by atoms with van der Waals surface area (Å²) in [5.41, 5.74) is 2.18. The fourth-order valence-corrected chi connectivity index (χ4v) is 4.42. The van der Waals surface area contributed by atoms with Crippen LogP contribution in [0.2, 0.25) is 5.02 Å². The second-order valence-corrected chi connectivity index (χ2v) is 9.87. The first kappa shape index (κ1) is 27.1. The van der Waals surface area contributed by atoms with Gasteiger partial charge in [0.1, 0.15) is 35.5 Å². The van der Waals surface area contributed by atoms with E-state index in [4.69, 9.17) is 20.8 Å². The molecule has 2 aromatic heterocycles. The number of aromatic nitrogens is 2. The lowest BCUT2D eigenvalue weighted by Crippen LogP contribution is -2.40. The molecule has 0 radical (unpaired) electrons. The minimum atomic E-state index is -0.898. The number of nitrogens with one attached hydrogen (secondary N) is 2. The molecule has 0 amide bonds. The Labute approximate surface area is 234 Å². The van der Waals surface area contributed by atoms with Gasteiger partial charge < -0.3 is 19.6 Å². The van der Waals surface area contributed by atoms with Gasteiger partial charge in [-0.2, -0.15) is 0 Å². The number of para-hydroxylation sites is 1. The average molecular weight is 561 g/mol. The molecule has 40 heavy (non-hydrogen) atoms. The number of aliphatic carboxylic acids is 1. The van der Waals surface area contributed by atoms with E-state index < -0.39 is 17.8 Å². The van der Waals surface area contributed by atoms with Crippen molar-refractivity contribution in [3.05, 3.63) is 95.7 Å². The van der Waals surface area contributed by atoms with Gasteiger partial charge in [0.15, 0.2) is 11.6 Å². The number of anilines is 2. The van der Waals surface area contributed by atoms with E-state index in [2.05, 4.69) is 20.6 Å². The summed E-state index contributed by atoms with van der Waals surface area (Å²) in [6.07, 6.45) is 1.46. The summed E-state index contributed by atoms with van der Waals surface area (Å²) in [6.45, 7) is 3.99. The van der Waals surface area contributed by atoms with Gasteiger partial charge >= 0.3 is 5.97 Å². The van der Waals surface area contributed by atoms with E-state index in [-0.39, 0.29) is 18.2 Å². The Balaban J connectivity index is 1.35. The molecule has 8 nitrogen and oxygen atoms in total. The molecule has 1 unspecified atom stereocenters. The van der Waals surface area contributed by atoms with Gasteiger partial charge in [-0.25, -0.2) is 14.4 Å². The van der Waals surface area contributed by atoms with E-state index in [9.17, 15) is 14.3 Å². The largest absolute Gasteiger partial charge is 0.480 e. The Kier molecular flexibility index (Phi) is 7.95. The first-order valence-corrected chi connectivity index (χ1v) is 13.0. The fourth-order valence-electron chi connectivity index (χ4n) is 4.20. The van der Waals surface area contributed by atoms with Crippen molar-refractivity contribution in [3.63, 3.8) is 0 Å². The SMILES string of the molecule is CC(C)C(NCc1ccc(-c2ccc3ncnc(Nc4ccc(Oc5ccccc5F)c(Cl)c4)c3c2)o1)C(=O)O. The molecule has 2 heterocycles. The van der Waals surface area contributed by atoms with Crippen molar-refractivity contribution < 1.29 is 23.4 Å². The van der Waals surface area contributed by atoms with E-state index in [0.717, 1.165) is 16.5 Å². The molecule has 0 bridgehead atoms. The van der Waals surface area contributed by atoms with Crippen LogP contribution in [-0.4, -0.2) is 27.1 Å². The second kappa shape index (κ2) is 11.7. The molecule has 204 valence electrons. The highest BCUT2D eigenvalue weighted by molar-refractivity contribution is 6.32. The maximum atomic E-state index is 14.0. The second-order valence-electron chi connectivity index (χ2n) is 9.46. The summed E-state index contributed by atoms with van der Waals surface area (Å²) >= 11 is 6.43. The first-order chi connectivity index (χ1) is 19.3. The van der Waals surface area contributed by atoms with Crippen LogP contribution in [0.25, 0.3) is 22.2 Å². The number of carboxylic acid groups (broad SMARTS) is 1. The van der Waals surface area contributed by atoms with Crippen molar-refractivity contribution in [2.75, 3.05) is 5.32 Å². The number of carboxylic acids is 1. The standard InChI is InChI=1S/C30H26ClFN4O4/c1-17(2)28(30(37)38)33-15-20-9-12-25(39-20)18-7-10-24-21(13-18)29(35-16-34-24)36-19-8-11-26(22(31)14-19)40-27-6-4-3-5-23(27)32/h3-14,16-17,28,33H,15H2,1-2H3,(H,37,38)(H,34,35,36). The van der Waals surface area contributed by atoms with E-state index in [1.54, 1.807) is 30.3 Å². The van der Waals surface area contributed by atoms with Crippen LogP contribution in [-0.2, 0) is 11.3 Å². The number of furan rings is 1. The molecule has 1 atom stereocenters. The van der Waals surface area contributed by atoms with Crippen molar-refractivity contribution in [3.8, 4) is 22.8 Å². The summed E-state index contributed by atoms with van der Waals surface area (Å²) in [4.78, 5) is 20.2. The highest BCUT2D eigenvalue weighted by Gasteiger charge is 2.21. The molecule has 3 aromatic carbocycles. The van der Waals surface area contributed by atoms with Crippen LogP contribution in [0.4, 0.5) is 15.9 Å². The molecule has 10 heteroatoms. The van der Waals surface area contributed by atoms with Gasteiger partial charge in [-0.05, 0) is 66.6 Å². The lowest BCUT2D eigenvalue weighted by molar-refractivity contribution is -0.140. The van der Waals surface area contributed by atoms with Gasteiger partial charge in [0.05, 0.1) is 17.1 Å². The van der Waals surface area contributed by atoms with E-state index in [1.165, 1.54) is 18.5 Å². The summed E-state index contributed by atoms with van der Waals surface area (Å²) in [5.74, 6) is 0.758. The zero-order valence-corrected chi connectivity index (χ0v) is 22.4. The molecule has 0 aliphatic rings. The number of carbonyl (C=O) groups is 1. The molecule has 5 aromatic rings. The maximum absolute atomic E-state index is 14.0. The maximum Gasteiger partial charge on any atom is 0.320 e. The third-order valence-electron chi connectivity index (χ3n) is 6.26. The van der Waals surface area contributed by atoms with Crippen LogP contribution in [0, 0.1) is 11.7 Å². The molecule has 0 saturated carbocycles. The quantitative estimate of drug-likeness (QED) is 0.162. The molecule has 0 spiro atoms. The van der Waals surface area contributed by atoms with Crippen LogP contribution in [0.15, 0.2) is 83.5 Å². The Morgan fingerprint density at radius 1 is 1.05 bits per heavy atom. The van der Waals surface area contributed by atoms with Gasteiger partial charge in [-0.3, -0.25) is 10.1 Å². The van der Waals surface area contributed by atoms with Gasteiger partial charge in [0, 0.05) is 16.6 Å². The Morgan fingerprint density at radius 2 is 1.88 bits per heavy atom. The Morgan fingerprint density at radius 3 is 2.62 bits per heavy atom. The van der Waals surface area contributed by atoms with E-state index in [0.29, 0.717) is 33.8 Å².